The molecule has 0 aliphatic rings. The number of carbonyl (C=O) groups excluding carboxylic acids is 1. The molecule has 0 saturated heterocycles. The van der Waals surface area contributed by atoms with Crippen molar-refractivity contribution >= 4 is 17.3 Å². The van der Waals surface area contributed by atoms with Crippen molar-refractivity contribution in [2.24, 2.45) is 0 Å². The van der Waals surface area contributed by atoms with Gasteiger partial charge < -0.3 is 24.8 Å². The van der Waals surface area contributed by atoms with Crippen LogP contribution in [0, 0.1) is 6.92 Å². The summed E-state index contributed by atoms with van der Waals surface area (Å²) in [6, 6.07) is 20.1. The van der Waals surface area contributed by atoms with Gasteiger partial charge in [-0.05, 0) is 24.6 Å². The van der Waals surface area contributed by atoms with Gasteiger partial charge in [-0.25, -0.2) is 0 Å². The Morgan fingerprint density at radius 1 is 0.800 bits per heavy atom. The maximum atomic E-state index is 13.2. The highest BCUT2D eigenvalue weighted by molar-refractivity contribution is 5.97. The number of carbonyl (C=O) groups is 1. The number of ether oxygens (including phenoxy) is 3. The van der Waals surface area contributed by atoms with E-state index in [9.17, 15) is 4.79 Å². The molecule has 1 amide bonds. The van der Waals surface area contributed by atoms with Crippen molar-refractivity contribution in [3.63, 3.8) is 0 Å². The lowest BCUT2D eigenvalue weighted by molar-refractivity contribution is -0.117. The highest BCUT2D eigenvalue weighted by Crippen LogP contribution is 2.40. The lowest BCUT2D eigenvalue weighted by Crippen LogP contribution is -2.27. The van der Waals surface area contributed by atoms with Gasteiger partial charge in [-0.1, -0.05) is 48.0 Å². The van der Waals surface area contributed by atoms with Gasteiger partial charge in [0, 0.05) is 23.5 Å². The van der Waals surface area contributed by atoms with E-state index in [-0.39, 0.29) is 5.91 Å². The van der Waals surface area contributed by atoms with Crippen molar-refractivity contribution in [2.45, 2.75) is 13.0 Å². The number of aryl methyl sites for hydroxylation is 1. The summed E-state index contributed by atoms with van der Waals surface area (Å²) < 4.78 is 16.2. The summed E-state index contributed by atoms with van der Waals surface area (Å²) in [6.07, 6.45) is 0. The van der Waals surface area contributed by atoms with Gasteiger partial charge in [-0.2, -0.15) is 0 Å². The van der Waals surface area contributed by atoms with Gasteiger partial charge in [0.2, 0.25) is 5.75 Å². The van der Waals surface area contributed by atoms with Crippen LogP contribution in [0.3, 0.4) is 0 Å². The topological polar surface area (TPSA) is 68.8 Å². The fraction of sp³-hybridized carbons (Fsp3) is 0.208. The molecule has 0 heterocycles. The fourth-order valence-electron chi connectivity index (χ4n) is 3.13. The van der Waals surface area contributed by atoms with Crippen LogP contribution in [0.1, 0.15) is 17.2 Å². The van der Waals surface area contributed by atoms with E-state index < -0.39 is 6.04 Å². The van der Waals surface area contributed by atoms with Gasteiger partial charge in [0.1, 0.15) is 6.04 Å². The van der Waals surface area contributed by atoms with E-state index in [0.29, 0.717) is 22.9 Å². The minimum atomic E-state index is -0.629. The van der Waals surface area contributed by atoms with Gasteiger partial charge >= 0.3 is 0 Å². The zero-order valence-electron chi connectivity index (χ0n) is 17.6. The van der Waals surface area contributed by atoms with Crippen LogP contribution in [0.15, 0.2) is 66.7 Å². The number of benzene rings is 3. The van der Waals surface area contributed by atoms with Gasteiger partial charge in [0.15, 0.2) is 11.5 Å². The third-order valence-electron chi connectivity index (χ3n) is 4.69. The SMILES string of the molecule is COc1cc(NC(C(=O)Nc2ccc(C)cc2)c2ccccc2)cc(OC)c1OC. The molecule has 1 unspecified atom stereocenters. The molecule has 6 nitrogen and oxygen atoms in total. The first-order chi connectivity index (χ1) is 14.5. The molecule has 3 aromatic carbocycles. The highest BCUT2D eigenvalue weighted by atomic mass is 16.5. The summed E-state index contributed by atoms with van der Waals surface area (Å²) in [5.74, 6) is 1.32. The molecule has 0 aliphatic carbocycles. The van der Waals surface area contributed by atoms with E-state index in [4.69, 9.17) is 14.2 Å². The van der Waals surface area contributed by atoms with Crippen molar-refractivity contribution in [2.75, 3.05) is 32.0 Å². The largest absolute Gasteiger partial charge is 0.493 e. The van der Waals surface area contributed by atoms with Gasteiger partial charge in [0.05, 0.1) is 21.3 Å². The van der Waals surface area contributed by atoms with Crippen molar-refractivity contribution in [1.82, 2.24) is 0 Å². The van der Waals surface area contributed by atoms with Crippen LogP contribution >= 0.6 is 0 Å². The van der Waals surface area contributed by atoms with Crippen molar-refractivity contribution in [3.8, 4) is 17.2 Å². The third-order valence-corrected chi connectivity index (χ3v) is 4.69. The van der Waals surface area contributed by atoms with E-state index in [0.717, 1.165) is 16.8 Å². The van der Waals surface area contributed by atoms with E-state index in [1.807, 2.05) is 61.5 Å². The average Bonchev–Trinajstić information content (AvgIpc) is 2.78. The molecular formula is C24H26N2O4. The molecule has 30 heavy (non-hydrogen) atoms. The summed E-state index contributed by atoms with van der Waals surface area (Å²) >= 11 is 0. The molecule has 1 atom stereocenters. The normalized spacial score (nSPS) is 11.3. The van der Waals surface area contributed by atoms with Crippen molar-refractivity contribution in [3.05, 3.63) is 77.9 Å². The van der Waals surface area contributed by atoms with Gasteiger partial charge in [0.25, 0.3) is 5.91 Å². The van der Waals surface area contributed by atoms with E-state index in [1.54, 1.807) is 33.5 Å². The smallest absolute Gasteiger partial charge is 0.251 e. The molecule has 0 fully saturated rings. The van der Waals surface area contributed by atoms with E-state index >= 15 is 0 Å². The number of nitrogens with one attached hydrogen (secondary N) is 2. The Morgan fingerprint density at radius 2 is 1.40 bits per heavy atom. The quantitative estimate of drug-likeness (QED) is 0.562. The number of amides is 1. The van der Waals surface area contributed by atoms with Crippen LogP contribution in [0.4, 0.5) is 11.4 Å². The number of rotatable bonds is 8. The van der Waals surface area contributed by atoms with Crippen molar-refractivity contribution in [1.29, 1.82) is 0 Å². The van der Waals surface area contributed by atoms with E-state index in [2.05, 4.69) is 10.6 Å². The fourth-order valence-corrected chi connectivity index (χ4v) is 3.13. The molecule has 0 aliphatic heterocycles. The molecule has 0 saturated carbocycles. The van der Waals surface area contributed by atoms with Crippen LogP contribution < -0.4 is 24.8 Å². The molecule has 0 bridgehead atoms. The molecule has 0 radical (unpaired) electrons. The van der Waals surface area contributed by atoms with Crippen LogP contribution in [-0.4, -0.2) is 27.2 Å². The number of anilines is 2. The Morgan fingerprint density at radius 3 is 1.93 bits per heavy atom. The summed E-state index contributed by atoms with van der Waals surface area (Å²) in [7, 11) is 4.66. The first-order valence-electron chi connectivity index (χ1n) is 9.54. The standard InChI is InChI=1S/C24H26N2O4/c1-16-10-12-18(13-11-16)26-24(27)22(17-8-6-5-7-9-17)25-19-14-20(28-2)23(30-4)21(15-19)29-3/h5-15,22,25H,1-4H3,(H,26,27). The van der Waals surface area contributed by atoms with E-state index in [1.165, 1.54) is 0 Å². The highest BCUT2D eigenvalue weighted by Gasteiger charge is 2.22. The first kappa shape index (κ1) is 21.0. The van der Waals surface area contributed by atoms with Crippen molar-refractivity contribution < 1.29 is 19.0 Å². The molecule has 3 rings (SSSR count). The Kier molecular flexibility index (Phi) is 6.80. The monoisotopic (exact) mass is 406 g/mol. The lowest BCUT2D eigenvalue weighted by atomic mass is 10.1. The second kappa shape index (κ2) is 9.69. The molecule has 156 valence electrons. The molecular weight excluding hydrogens is 380 g/mol. The minimum absolute atomic E-state index is 0.182. The summed E-state index contributed by atoms with van der Waals surface area (Å²) in [6.45, 7) is 2.00. The predicted octanol–water partition coefficient (Wildman–Crippen LogP) is 4.81. The number of methoxy groups -OCH3 is 3. The first-order valence-corrected chi connectivity index (χ1v) is 9.54. The molecule has 6 heteroatoms. The number of hydrogen-bond donors (Lipinski definition) is 2. The molecule has 0 spiro atoms. The summed E-state index contributed by atoms with van der Waals surface area (Å²) in [5.41, 5.74) is 3.36. The Hall–Kier alpha value is -3.67. The zero-order valence-corrected chi connectivity index (χ0v) is 17.6. The Balaban J connectivity index is 1.93. The average molecular weight is 406 g/mol. The van der Waals surface area contributed by atoms with Crippen LogP contribution in [0.5, 0.6) is 17.2 Å². The maximum Gasteiger partial charge on any atom is 0.251 e. The maximum absolute atomic E-state index is 13.2. The number of hydrogen-bond acceptors (Lipinski definition) is 5. The van der Waals surface area contributed by atoms with Crippen LogP contribution in [0.2, 0.25) is 0 Å². The third kappa shape index (κ3) is 4.84. The summed E-state index contributed by atoms with van der Waals surface area (Å²) in [4.78, 5) is 13.2. The van der Waals surface area contributed by atoms with Gasteiger partial charge in [-0.3, -0.25) is 4.79 Å². The minimum Gasteiger partial charge on any atom is -0.493 e. The second-order valence-corrected chi connectivity index (χ2v) is 6.76. The molecule has 2 N–H and O–H groups in total. The molecule has 3 aromatic rings. The zero-order chi connectivity index (χ0) is 21.5. The van der Waals surface area contributed by atoms with Crippen LogP contribution in [0.25, 0.3) is 0 Å². The Labute approximate surface area is 176 Å². The van der Waals surface area contributed by atoms with Crippen LogP contribution in [-0.2, 0) is 4.79 Å². The predicted molar refractivity (Wildman–Crippen MR) is 119 cm³/mol. The second-order valence-electron chi connectivity index (χ2n) is 6.76. The van der Waals surface area contributed by atoms with Gasteiger partial charge in [-0.15, -0.1) is 0 Å². The lowest BCUT2D eigenvalue weighted by Gasteiger charge is -2.22. The Bertz CT molecular complexity index is 963. The molecule has 0 aromatic heterocycles. The summed E-state index contributed by atoms with van der Waals surface area (Å²) in [5, 5.41) is 6.28.